The van der Waals surface area contributed by atoms with Crippen LogP contribution in [0.5, 0.6) is 5.75 Å². The number of rotatable bonds is 7. The van der Waals surface area contributed by atoms with Gasteiger partial charge in [-0.3, -0.25) is 14.6 Å². The van der Waals surface area contributed by atoms with Crippen LogP contribution in [-0.4, -0.2) is 37.6 Å². The number of ether oxygens (including phenoxy) is 2. The first-order valence-electron chi connectivity index (χ1n) is 7.02. The number of methoxy groups -OCH3 is 2. The average Bonchev–Trinajstić information content (AvgIpc) is 2.56. The van der Waals surface area contributed by atoms with Crippen LogP contribution in [-0.2, 0) is 9.53 Å². The summed E-state index contributed by atoms with van der Waals surface area (Å²) in [5.41, 5.74) is 7.35. The lowest BCUT2D eigenvalue weighted by molar-refractivity contribution is -0.119. The number of anilines is 3. The van der Waals surface area contributed by atoms with Crippen LogP contribution in [0.25, 0.3) is 0 Å². The fourth-order valence-electron chi connectivity index (χ4n) is 2.00. The molecule has 0 saturated heterocycles. The standard InChI is InChI=1S/C16H18N4O4/c1-23-9-15(21)20-13-4-3-11(6-14(13)24-2)19-12-5-10(16(17)22)7-18-8-12/h3-8,19H,9H2,1-2H3,(H2,17,22)(H,20,21). The summed E-state index contributed by atoms with van der Waals surface area (Å²) in [5, 5.41) is 5.78. The molecule has 2 aromatic rings. The number of carbonyl (C=O) groups is 2. The van der Waals surface area contributed by atoms with Crippen molar-refractivity contribution >= 4 is 28.9 Å². The van der Waals surface area contributed by atoms with Crippen LogP contribution in [0.1, 0.15) is 10.4 Å². The SMILES string of the molecule is COCC(=O)Nc1ccc(Nc2cncc(C(N)=O)c2)cc1OC. The summed E-state index contributed by atoms with van der Waals surface area (Å²) < 4.78 is 10.1. The third-order valence-electron chi connectivity index (χ3n) is 3.06. The van der Waals surface area contributed by atoms with E-state index in [0.29, 0.717) is 28.4 Å². The second kappa shape index (κ2) is 7.93. The van der Waals surface area contributed by atoms with E-state index in [4.69, 9.17) is 15.2 Å². The molecule has 8 nitrogen and oxygen atoms in total. The Morgan fingerprint density at radius 1 is 1.17 bits per heavy atom. The van der Waals surface area contributed by atoms with Crippen LogP contribution < -0.4 is 21.1 Å². The number of nitrogens with zero attached hydrogens (tertiary/aromatic N) is 1. The molecule has 0 radical (unpaired) electrons. The van der Waals surface area contributed by atoms with Gasteiger partial charge < -0.3 is 25.8 Å². The summed E-state index contributed by atoms with van der Waals surface area (Å²) in [7, 11) is 2.94. The summed E-state index contributed by atoms with van der Waals surface area (Å²) in [5.74, 6) is -0.363. The summed E-state index contributed by atoms with van der Waals surface area (Å²) >= 11 is 0. The first-order valence-corrected chi connectivity index (χ1v) is 7.02. The zero-order valence-corrected chi connectivity index (χ0v) is 13.3. The van der Waals surface area contributed by atoms with Crippen LogP contribution in [0.2, 0.25) is 0 Å². The van der Waals surface area contributed by atoms with Crippen molar-refractivity contribution in [3.05, 3.63) is 42.2 Å². The number of aromatic nitrogens is 1. The van der Waals surface area contributed by atoms with Gasteiger partial charge in [0.15, 0.2) is 0 Å². The Hall–Kier alpha value is -3.13. The molecule has 8 heteroatoms. The quantitative estimate of drug-likeness (QED) is 0.709. The largest absolute Gasteiger partial charge is 0.494 e. The molecule has 1 heterocycles. The first kappa shape index (κ1) is 17.2. The maximum Gasteiger partial charge on any atom is 0.250 e. The molecule has 126 valence electrons. The predicted octanol–water partition coefficient (Wildman–Crippen LogP) is 1.52. The van der Waals surface area contributed by atoms with Gasteiger partial charge in [0, 0.05) is 25.1 Å². The zero-order valence-electron chi connectivity index (χ0n) is 13.3. The number of primary amides is 1. The fraction of sp³-hybridized carbons (Fsp3) is 0.188. The van der Waals surface area contributed by atoms with Crippen LogP contribution in [0.4, 0.5) is 17.1 Å². The Kier molecular flexibility index (Phi) is 5.69. The van der Waals surface area contributed by atoms with Crippen molar-refractivity contribution in [2.45, 2.75) is 0 Å². The monoisotopic (exact) mass is 330 g/mol. The van der Waals surface area contributed by atoms with Crippen molar-refractivity contribution in [3.8, 4) is 5.75 Å². The lowest BCUT2D eigenvalue weighted by Gasteiger charge is -2.13. The number of nitrogens with one attached hydrogen (secondary N) is 2. The van der Waals surface area contributed by atoms with E-state index in [0.717, 1.165) is 0 Å². The Labute approximate surface area is 139 Å². The van der Waals surface area contributed by atoms with E-state index >= 15 is 0 Å². The van der Waals surface area contributed by atoms with Crippen molar-refractivity contribution in [2.75, 3.05) is 31.5 Å². The summed E-state index contributed by atoms with van der Waals surface area (Å²) in [4.78, 5) is 26.7. The van der Waals surface area contributed by atoms with Crippen LogP contribution in [0, 0.1) is 0 Å². The van der Waals surface area contributed by atoms with Crippen molar-refractivity contribution in [3.63, 3.8) is 0 Å². The smallest absolute Gasteiger partial charge is 0.250 e. The summed E-state index contributed by atoms with van der Waals surface area (Å²) in [6, 6.07) is 6.75. The van der Waals surface area contributed by atoms with Gasteiger partial charge in [-0.2, -0.15) is 0 Å². The third-order valence-corrected chi connectivity index (χ3v) is 3.06. The number of amides is 2. The van der Waals surface area contributed by atoms with E-state index < -0.39 is 5.91 Å². The molecular formula is C16H18N4O4. The second-order valence-corrected chi connectivity index (χ2v) is 4.85. The Bertz CT molecular complexity index is 749. The topological polar surface area (TPSA) is 116 Å². The molecule has 0 aliphatic carbocycles. The number of benzene rings is 1. The maximum absolute atomic E-state index is 11.6. The van der Waals surface area contributed by atoms with Gasteiger partial charge in [-0.1, -0.05) is 0 Å². The fourth-order valence-corrected chi connectivity index (χ4v) is 2.00. The van der Waals surface area contributed by atoms with E-state index in [2.05, 4.69) is 15.6 Å². The van der Waals surface area contributed by atoms with Crippen LogP contribution in [0.15, 0.2) is 36.7 Å². The molecule has 4 N–H and O–H groups in total. The van der Waals surface area contributed by atoms with Gasteiger partial charge in [0.25, 0.3) is 0 Å². The Morgan fingerprint density at radius 3 is 2.62 bits per heavy atom. The summed E-state index contributed by atoms with van der Waals surface area (Å²) in [6.07, 6.45) is 2.95. The molecule has 0 saturated carbocycles. The van der Waals surface area contributed by atoms with Gasteiger partial charge >= 0.3 is 0 Å². The minimum Gasteiger partial charge on any atom is -0.494 e. The number of nitrogens with two attached hydrogens (primary N) is 1. The maximum atomic E-state index is 11.6. The average molecular weight is 330 g/mol. The van der Waals surface area contributed by atoms with Crippen LogP contribution >= 0.6 is 0 Å². The van der Waals surface area contributed by atoms with Crippen molar-refractivity contribution in [2.24, 2.45) is 5.73 Å². The minimum absolute atomic E-state index is 0.0469. The van der Waals surface area contributed by atoms with E-state index in [1.807, 2.05) is 0 Å². The highest BCUT2D eigenvalue weighted by Gasteiger charge is 2.09. The van der Waals surface area contributed by atoms with E-state index in [9.17, 15) is 9.59 Å². The molecule has 0 bridgehead atoms. The molecule has 0 unspecified atom stereocenters. The molecule has 0 atom stereocenters. The number of pyridine rings is 1. The highest BCUT2D eigenvalue weighted by atomic mass is 16.5. The Morgan fingerprint density at radius 2 is 1.96 bits per heavy atom. The highest BCUT2D eigenvalue weighted by Crippen LogP contribution is 2.29. The van der Waals surface area contributed by atoms with Gasteiger partial charge in [0.2, 0.25) is 11.8 Å². The van der Waals surface area contributed by atoms with Crippen molar-refractivity contribution in [1.29, 1.82) is 0 Å². The van der Waals surface area contributed by atoms with Gasteiger partial charge in [-0.25, -0.2) is 0 Å². The molecular weight excluding hydrogens is 312 g/mol. The number of hydrogen-bond donors (Lipinski definition) is 3. The first-order chi connectivity index (χ1) is 11.5. The molecule has 2 rings (SSSR count). The van der Waals surface area contributed by atoms with Crippen molar-refractivity contribution < 1.29 is 19.1 Å². The van der Waals surface area contributed by atoms with E-state index in [1.165, 1.54) is 20.4 Å². The molecule has 0 fully saturated rings. The third kappa shape index (κ3) is 4.43. The molecule has 0 spiro atoms. The predicted molar refractivity (Wildman–Crippen MR) is 89.5 cm³/mol. The number of hydrogen-bond acceptors (Lipinski definition) is 6. The highest BCUT2D eigenvalue weighted by molar-refractivity contribution is 5.94. The van der Waals surface area contributed by atoms with Crippen molar-refractivity contribution in [1.82, 2.24) is 4.98 Å². The Balaban J connectivity index is 2.18. The van der Waals surface area contributed by atoms with Gasteiger partial charge in [0.1, 0.15) is 12.4 Å². The molecule has 1 aromatic carbocycles. The van der Waals surface area contributed by atoms with Crippen LogP contribution in [0.3, 0.4) is 0 Å². The van der Waals surface area contributed by atoms with E-state index in [-0.39, 0.29) is 12.5 Å². The zero-order chi connectivity index (χ0) is 17.5. The minimum atomic E-state index is -0.556. The lowest BCUT2D eigenvalue weighted by atomic mass is 10.2. The second-order valence-electron chi connectivity index (χ2n) is 4.85. The molecule has 0 aliphatic heterocycles. The molecule has 24 heavy (non-hydrogen) atoms. The normalized spacial score (nSPS) is 10.1. The summed E-state index contributed by atoms with van der Waals surface area (Å²) in [6.45, 7) is -0.0469. The molecule has 0 aliphatic rings. The van der Waals surface area contributed by atoms with E-state index in [1.54, 1.807) is 30.5 Å². The molecule has 2 amide bonds. The van der Waals surface area contributed by atoms with Gasteiger partial charge in [0.05, 0.1) is 30.2 Å². The van der Waals surface area contributed by atoms with Gasteiger partial charge in [-0.15, -0.1) is 0 Å². The molecule has 1 aromatic heterocycles. The number of carbonyl (C=O) groups excluding carboxylic acids is 2. The lowest BCUT2D eigenvalue weighted by Crippen LogP contribution is -2.17. The van der Waals surface area contributed by atoms with Gasteiger partial charge in [-0.05, 0) is 18.2 Å².